The van der Waals surface area contributed by atoms with Crippen LogP contribution in [0.1, 0.15) is 34.8 Å². The summed E-state index contributed by atoms with van der Waals surface area (Å²) in [4.78, 5) is 36.1. The minimum absolute atomic E-state index is 0.0180. The second kappa shape index (κ2) is 9.25. The first-order valence-corrected chi connectivity index (χ1v) is 9.36. The zero-order valence-electron chi connectivity index (χ0n) is 16.7. The first-order chi connectivity index (χ1) is 14.5. The van der Waals surface area contributed by atoms with Crippen LogP contribution in [0.25, 0.3) is 0 Å². The molecule has 0 radical (unpaired) electrons. The predicted octanol–water partition coefficient (Wildman–Crippen LogP) is 3.17. The summed E-state index contributed by atoms with van der Waals surface area (Å²) in [7, 11) is 3.15. The zero-order chi connectivity index (χ0) is 21.7. The number of amides is 1. The molecule has 0 aromatic heterocycles. The summed E-state index contributed by atoms with van der Waals surface area (Å²) in [5.74, 6) is 1.21. The zero-order valence-corrected chi connectivity index (χ0v) is 16.7. The Bertz CT molecular complexity index is 960. The standard InChI is InChI=1S/C21H22N2O7/c1-28-16-6-8-20(29-2)17(11-16)18-4-3-9-22(18)21(25)13-30-19-7-5-15(23(26)27)10-14(19)12-24/h5-8,10-12,18H,3-4,9,13H2,1-2H3/t18-/m1/s1. The molecule has 1 saturated heterocycles. The number of likely N-dealkylation sites (tertiary alicyclic amines) is 1. The van der Waals surface area contributed by atoms with E-state index in [1.165, 1.54) is 12.1 Å². The van der Waals surface area contributed by atoms with Crippen LogP contribution in [0.4, 0.5) is 5.69 Å². The van der Waals surface area contributed by atoms with Gasteiger partial charge in [0.2, 0.25) is 0 Å². The lowest BCUT2D eigenvalue weighted by molar-refractivity contribution is -0.384. The van der Waals surface area contributed by atoms with Crippen molar-refractivity contribution in [1.29, 1.82) is 0 Å². The van der Waals surface area contributed by atoms with Crippen molar-refractivity contribution >= 4 is 17.9 Å². The van der Waals surface area contributed by atoms with Gasteiger partial charge in [0.25, 0.3) is 11.6 Å². The van der Waals surface area contributed by atoms with Crippen molar-refractivity contribution in [3.05, 3.63) is 57.6 Å². The molecule has 1 aliphatic heterocycles. The highest BCUT2D eigenvalue weighted by Gasteiger charge is 2.32. The van der Waals surface area contributed by atoms with E-state index in [1.54, 1.807) is 31.3 Å². The van der Waals surface area contributed by atoms with Crippen LogP contribution < -0.4 is 14.2 Å². The fraction of sp³-hybridized carbons (Fsp3) is 0.333. The predicted molar refractivity (Wildman–Crippen MR) is 107 cm³/mol. The summed E-state index contributed by atoms with van der Waals surface area (Å²) in [6.45, 7) is 0.273. The van der Waals surface area contributed by atoms with Gasteiger partial charge in [-0.15, -0.1) is 0 Å². The minimum atomic E-state index is -0.599. The Morgan fingerprint density at radius 3 is 2.63 bits per heavy atom. The maximum Gasteiger partial charge on any atom is 0.270 e. The smallest absolute Gasteiger partial charge is 0.270 e. The Hall–Kier alpha value is -3.62. The number of nitro benzene ring substituents is 1. The molecule has 9 nitrogen and oxygen atoms in total. The van der Waals surface area contributed by atoms with Crippen molar-refractivity contribution in [3.63, 3.8) is 0 Å². The molecule has 30 heavy (non-hydrogen) atoms. The Labute approximate surface area is 173 Å². The number of aldehydes is 1. The van der Waals surface area contributed by atoms with Gasteiger partial charge in [-0.05, 0) is 37.1 Å². The number of nitro groups is 1. The third-order valence-corrected chi connectivity index (χ3v) is 5.05. The molecule has 1 atom stereocenters. The number of carbonyl (C=O) groups is 2. The molecular formula is C21H22N2O7. The number of hydrogen-bond acceptors (Lipinski definition) is 7. The van der Waals surface area contributed by atoms with E-state index in [4.69, 9.17) is 14.2 Å². The maximum absolute atomic E-state index is 12.9. The molecular weight excluding hydrogens is 392 g/mol. The highest BCUT2D eigenvalue weighted by atomic mass is 16.6. The largest absolute Gasteiger partial charge is 0.497 e. The molecule has 1 fully saturated rings. The first-order valence-electron chi connectivity index (χ1n) is 9.36. The van der Waals surface area contributed by atoms with E-state index in [9.17, 15) is 19.7 Å². The molecule has 1 heterocycles. The van der Waals surface area contributed by atoms with Crippen molar-refractivity contribution in [2.24, 2.45) is 0 Å². The Morgan fingerprint density at radius 2 is 1.97 bits per heavy atom. The number of carbonyl (C=O) groups excluding carboxylic acids is 2. The van der Waals surface area contributed by atoms with Crippen LogP contribution in [0, 0.1) is 10.1 Å². The highest BCUT2D eigenvalue weighted by Crippen LogP contribution is 2.39. The molecule has 0 spiro atoms. The van der Waals surface area contributed by atoms with Crippen LogP contribution in [-0.2, 0) is 4.79 Å². The van der Waals surface area contributed by atoms with Crippen LogP contribution in [0.15, 0.2) is 36.4 Å². The summed E-state index contributed by atoms with van der Waals surface area (Å²) in [5, 5.41) is 10.9. The molecule has 1 aliphatic rings. The van der Waals surface area contributed by atoms with Gasteiger partial charge < -0.3 is 19.1 Å². The van der Waals surface area contributed by atoms with Crippen LogP contribution >= 0.6 is 0 Å². The number of nitrogens with zero attached hydrogens (tertiary/aromatic N) is 2. The van der Waals surface area contributed by atoms with Gasteiger partial charge in [-0.25, -0.2) is 0 Å². The summed E-state index contributed by atoms with van der Waals surface area (Å²) in [5.41, 5.74) is 0.650. The second-order valence-corrected chi connectivity index (χ2v) is 6.74. The van der Waals surface area contributed by atoms with Gasteiger partial charge in [-0.3, -0.25) is 19.7 Å². The summed E-state index contributed by atoms with van der Waals surface area (Å²) < 4.78 is 16.3. The lowest BCUT2D eigenvalue weighted by Gasteiger charge is -2.26. The number of rotatable bonds is 8. The third-order valence-electron chi connectivity index (χ3n) is 5.05. The van der Waals surface area contributed by atoms with E-state index >= 15 is 0 Å². The van der Waals surface area contributed by atoms with Gasteiger partial charge >= 0.3 is 0 Å². The SMILES string of the molecule is COc1ccc(OC)c([C@H]2CCCN2C(=O)COc2ccc([N+](=O)[O-])cc2C=O)c1. The third kappa shape index (κ3) is 4.35. The van der Waals surface area contributed by atoms with Crippen LogP contribution in [0.5, 0.6) is 17.2 Å². The molecule has 0 bridgehead atoms. The van der Waals surface area contributed by atoms with Crippen LogP contribution in [0.2, 0.25) is 0 Å². The Balaban J connectivity index is 1.76. The Kier molecular flexibility index (Phi) is 6.51. The quantitative estimate of drug-likeness (QED) is 0.371. The summed E-state index contributed by atoms with van der Waals surface area (Å²) >= 11 is 0. The van der Waals surface area contributed by atoms with E-state index in [2.05, 4.69) is 0 Å². The molecule has 1 amide bonds. The fourth-order valence-electron chi connectivity index (χ4n) is 3.58. The topological polar surface area (TPSA) is 108 Å². The molecule has 0 unspecified atom stereocenters. The number of non-ortho nitro benzene ring substituents is 1. The lowest BCUT2D eigenvalue weighted by atomic mass is 10.0. The van der Waals surface area contributed by atoms with Gasteiger partial charge in [0, 0.05) is 24.2 Å². The van der Waals surface area contributed by atoms with Gasteiger partial charge in [-0.2, -0.15) is 0 Å². The van der Waals surface area contributed by atoms with E-state index < -0.39 is 4.92 Å². The van der Waals surface area contributed by atoms with Crippen molar-refractivity contribution in [2.75, 3.05) is 27.4 Å². The Morgan fingerprint density at radius 1 is 1.20 bits per heavy atom. The molecule has 0 N–H and O–H groups in total. The number of methoxy groups -OCH3 is 2. The summed E-state index contributed by atoms with van der Waals surface area (Å²) in [6, 6.07) is 8.94. The van der Waals surface area contributed by atoms with Crippen LogP contribution in [-0.4, -0.2) is 49.4 Å². The average Bonchev–Trinajstić information content (AvgIpc) is 3.26. The number of benzene rings is 2. The number of ether oxygens (including phenoxy) is 3. The molecule has 9 heteroatoms. The molecule has 3 rings (SSSR count). The van der Waals surface area contributed by atoms with Gasteiger partial charge in [0.1, 0.15) is 17.2 Å². The monoisotopic (exact) mass is 414 g/mol. The van der Waals surface area contributed by atoms with Gasteiger partial charge in [0.15, 0.2) is 12.9 Å². The maximum atomic E-state index is 12.9. The average molecular weight is 414 g/mol. The summed E-state index contributed by atoms with van der Waals surface area (Å²) in [6.07, 6.45) is 2.06. The number of hydrogen-bond donors (Lipinski definition) is 0. The molecule has 0 aliphatic carbocycles. The molecule has 158 valence electrons. The second-order valence-electron chi connectivity index (χ2n) is 6.74. The van der Waals surface area contributed by atoms with Crippen molar-refractivity contribution in [3.8, 4) is 17.2 Å². The highest BCUT2D eigenvalue weighted by molar-refractivity contribution is 5.82. The van der Waals surface area contributed by atoms with Crippen molar-refractivity contribution in [2.45, 2.75) is 18.9 Å². The molecule has 0 saturated carbocycles. The molecule has 2 aromatic carbocycles. The normalized spacial score (nSPS) is 15.5. The first kappa shape index (κ1) is 21.1. The van der Waals surface area contributed by atoms with E-state index in [0.29, 0.717) is 24.3 Å². The van der Waals surface area contributed by atoms with E-state index in [1.807, 2.05) is 6.07 Å². The fourth-order valence-corrected chi connectivity index (χ4v) is 3.58. The van der Waals surface area contributed by atoms with Gasteiger partial charge in [-0.1, -0.05) is 0 Å². The molecule has 2 aromatic rings. The van der Waals surface area contributed by atoms with Crippen LogP contribution in [0.3, 0.4) is 0 Å². The van der Waals surface area contributed by atoms with Gasteiger partial charge in [0.05, 0.1) is 30.7 Å². The van der Waals surface area contributed by atoms with Crippen molar-refractivity contribution < 1.29 is 28.7 Å². The minimum Gasteiger partial charge on any atom is -0.497 e. The van der Waals surface area contributed by atoms with Crippen molar-refractivity contribution in [1.82, 2.24) is 4.90 Å². The van der Waals surface area contributed by atoms with E-state index in [-0.39, 0.29) is 35.6 Å². The lowest BCUT2D eigenvalue weighted by Crippen LogP contribution is -2.34. The van der Waals surface area contributed by atoms with E-state index in [0.717, 1.165) is 24.5 Å².